The molecule has 0 saturated heterocycles. The first-order chi connectivity index (χ1) is 10.0. The highest BCUT2D eigenvalue weighted by Crippen LogP contribution is 2.33. The molecule has 0 amide bonds. The van der Waals surface area contributed by atoms with E-state index in [4.69, 9.17) is 32.7 Å². The normalized spacial score (nSPS) is 12.0. The van der Waals surface area contributed by atoms with Gasteiger partial charge in [0.25, 0.3) is 0 Å². The standard InChI is InChI=1S/C17H18Cl2O2/c1-11-4-6-13(18)10-14(11)15(19)8-12-5-7-16(20-2)17(9-12)21-3/h4-7,9-10,15H,8H2,1-3H3. The highest BCUT2D eigenvalue weighted by atomic mass is 35.5. The Hall–Kier alpha value is -1.38. The van der Waals surface area contributed by atoms with E-state index < -0.39 is 0 Å². The number of halogens is 2. The van der Waals surface area contributed by atoms with Gasteiger partial charge in [-0.3, -0.25) is 0 Å². The van der Waals surface area contributed by atoms with Gasteiger partial charge in [0, 0.05) is 5.02 Å². The molecule has 21 heavy (non-hydrogen) atoms. The fraction of sp³-hybridized carbons (Fsp3) is 0.294. The van der Waals surface area contributed by atoms with Crippen molar-refractivity contribution in [2.75, 3.05) is 14.2 Å². The molecule has 0 heterocycles. The van der Waals surface area contributed by atoms with Crippen LogP contribution in [0.4, 0.5) is 0 Å². The largest absolute Gasteiger partial charge is 0.493 e. The van der Waals surface area contributed by atoms with Gasteiger partial charge < -0.3 is 9.47 Å². The van der Waals surface area contributed by atoms with Gasteiger partial charge in [-0.1, -0.05) is 23.7 Å². The zero-order valence-electron chi connectivity index (χ0n) is 12.3. The van der Waals surface area contributed by atoms with Gasteiger partial charge in [-0.25, -0.2) is 0 Å². The van der Waals surface area contributed by atoms with E-state index in [1.54, 1.807) is 14.2 Å². The summed E-state index contributed by atoms with van der Waals surface area (Å²) in [6.07, 6.45) is 0.698. The topological polar surface area (TPSA) is 18.5 Å². The lowest BCUT2D eigenvalue weighted by molar-refractivity contribution is 0.354. The summed E-state index contributed by atoms with van der Waals surface area (Å²) in [5.74, 6) is 1.42. The molecular formula is C17H18Cl2O2. The van der Waals surface area contributed by atoms with Crippen LogP contribution in [0.25, 0.3) is 0 Å². The Kier molecular flexibility index (Phi) is 5.38. The Morgan fingerprint density at radius 1 is 1.00 bits per heavy atom. The van der Waals surface area contributed by atoms with Crippen LogP contribution < -0.4 is 9.47 Å². The molecule has 2 rings (SSSR count). The lowest BCUT2D eigenvalue weighted by Crippen LogP contribution is -2.00. The maximum absolute atomic E-state index is 6.56. The third-order valence-corrected chi connectivity index (χ3v) is 4.07. The summed E-state index contributed by atoms with van der Waals surface area (Å²) in [6, 6.07) is 11.6. The molecular weight excluding hydrogens is 307 g/mol. The number of hydrogen-bond donors (Lipinski definition) is 0. The number of methoxy groups -OCH3 is 2. The van der Waals surface area contributed by atoms with Gasteiger partial charge in [0.15, 0.2) is 11.5 Å². The molecule has 1 atom stereocenters. The molecule has 0 aliphatic rings. The van der Waals surface area contributed by atoms with Crippen molar-refractivity contribution in [3.05, 3.63) is 58.1 Å². The quantitative estimate of drug-likeness (QED) is 0.705. The van der Waals surface area contributed by atoms with E-state index in [-0.39, 0.29) is 5.38 Å². The molecule has 0 aliphatic carbocycles. The Bertz CT molecular complexity index is 626. The SMILES string of the molecule is COc1ccc(CC(Cl)c2cc(Cl)ccc2C)cc1OC. The van der Waals surface area contributed by atoms with E-state index >= 15 is 0 Å². The van der Waals surface area contributed by atoms with E-state index in [2.05, 4.69) is 0 Å². The summed E-state index contributed by atoms with van der Waals surface area (Å²) >= 11 is 12.6. The minimum Gasteiger partial charge on any atom is -0.493 e. The molecule has 0 saturated carbocycles. The summed E-state index contributed by atoms with van der Waals surface area (Å²) < 4.78 is 10.6. The third kappa shape index (κ3) is 3.84. The van der Waals surface area contributed by atoms with Crippen molar-refractivity contribution in [3.63, 3.8) is 0 Å². The molecule has 2 nitrogen and oxygen atoms in total. The van der Waals surface area contributed by atoms with E-state index in [0.29, 0.717) is 22.9 Å². The highest BCUT2D eigenvalue weighted by molar-refractivity contribution is 6.30. The van der Waals surface area contributed by atoms with Crippen molar-refractivity contribution in [1.29, 1.82) is 0 Å². The van der Waals surface area contributed by atoms with Crippen molar-refractivity contribution in [1.82, 2.24) is 0 Å². The van der Waals surface area contributed by atoms with Gasteiger partial charge in [0.05, 0.1) is 19.6 Å². The van der Waals surface area contributed by atoms with Crippen LogP contribution in [0.1, 0.15) is 22.1 Å². The minimum absolute atomic E-state index is 0.137. The molecule has 0 N–H and O–H groups in total. The first-order valence-corrected chi connectivity index (χ1v) is 7.47. The van der Waals surface area contributed by atoms with Crippen molar-refractivity contribution in [3.8, 4) is 11.5 Å². The second-order valence-electron chi connectivity index (χ2n) is 4.86. The first kappa shape index (κ1) is 16.0. The van der Waals surface area contributed by atoms with Gasteiger partial charge in [-0.2, -0.15) is 0 Å². The van der Waals surface area contributed by atoms with Gasteiger partial charge in [0.2, 0.25) is 0 Å². The van der Waals surface area contributed by atoms with Crippen LogP contribution in [0.3, 0.4) is 0 Å². The molecule has 0 aliphatic heterocycles. The Morgan fingerprint density at radius 2 is 1.71 bits per heavy atom. The van der Waals surface area contributed by atoms with Crippen molar-refractivity contribution in [2.45, 2.75) is 18.7 Å². The highest BCUT2D eigenvalue weighted by Gasteiger charge is 2.14. The zero-order valence-corrected chi connectivity index (χ0v) is 13.8. The van der Waals surface area contributed by atoms with Crippen molar-refractivity contribution in [2.24, 2.45) is 0 Å². The number of hydrogen-bond acceptors (Lipinski definition) is 2. The molecule has 0 aromatic heterocycles. The predicted molar refractivity (Wildman–Crippen MR) is 88.0 cm³/mol. The van der Waals surface area contributed by atoms with Crippen LogP contribution in [0.15, 0.2) is 36.4 Å². The lowest BCUT2D eigenvalue weighted by Gasteiger charge is -2.15. The van der Waals surface area contributed by atoms with Crippen LogP contribution >= 0.6 is 23.2 Å². The summed E-state index contributed by atoms with van der Waals surface area (Å²) in [5, 5.41) is 0.565. The molecule has 2 aromatic rings. The molecule has 0 bridgehead atoms. The molecule has 4 heteroatoms. The molecule has 112 valence electrons. The predicted octanol–water partition coefficient (Wildman–Crippen LogP) is 5.19. The maximum Gasteiger partial charge on any atom is 0.160 e. The summed E-state index contributed by atoms with van der Waals surface area (Å²) in [5.41, 5.74) is 3.28. The Labute approximate surface area is 135 Å². The number of aryl methyl sites for hydroxylation is 1. The molecule has 1 unspecified atom stereocenters. The van der Waals surface area contributed by atoms with E-state index in [0.717, 1.165) is 16.7 Å². The van der Waals surface area contributed by atoms with E-state index in [1.165, 1.54) is 0 Å². The van der Waals surface area contributed by atoms with E-state index in [1.807, 2.05) is 43.3 Å². The van der Waals surface area contributed by atoms with Crippen molar-refractivity contribution < 1.29 is 9.47 Å². The molecule has 0 spiro atoms. The smallest absolute Gasteiger partial charge is 0.160 e. The monoisotopic (exact) mass is 324 g/mol. The van der Waals surface area contributed by atoms with Crippen LogP contribution in [-0.2, 0) is 6.42 Å². The fourth-order valence-corrected chi connectivity index (χ4v) is 2.87. The molecule has 0 radical (unpaired) electrons. The number of rotatable bonds is 5. The molecule has 0 fully saturated rings. The second kappa shape index (κ2) is 7.06. The summed E-state index contributed by atoms with van der Waals surface area (Å²) in [7, 11) is 3.25. The minimum atomic E-state index is -0.137. The number of ether oxygens (including phenoxy) is 2. The van der Waals surface area contributed by atoms with Gasteiger partial charge in [-0.05, 0) is 54.3 Å². The van der Waals surface area contributed by atoms with Crippen LogP contribution in [0.5, 0.6) is 11.5 Å². The first-order valence-electron chi connectivity index (χ1n) is 6.66. The summed E-state index contributed by atoms with van der Waals surface area (Å²) in [6.45, 7) is 2.04. The van der Waals surface area contributed by atoms with Crippen molar-refractivity contribution >= 4 is 23.2 Å². The Balaban J connectivity index is 2.23. The van der Waals surface area contributed by atoms with Crippen LogP contribution in [-0.4, -0.2) is 14.2 Å². The summed E-state index contributed by atoms with van der Waals surface area (Å²) in [4.78, 5) is 0. The van der Waals surface area contributed by atoms with E-state index in [9.17, 15) is 0 Å². The maximum atomic E-state index is 6.56. The van der Waals surface area contributed by atoms with Crippen LogP contribution in [0.2, 0.25) is 5.02 Å². The fourth-order valence-electron chi connectivity index (χ4n) is 2.27. The zero-order chi connectivity index (χ0) is 15.4. The average Bonchev–Trinajstić information content (AvgIpc) is 2.49. The number of benzene rings is 2. The average molecular weight is 325 g/mol. The second-order valence-corrected chi connectivity index (χ2v) is 5.83. The Morgan fingerprint density at radius 3 is 2.38 bits per heavy atom. The van der Waals surface area contributed by atoms with Gasteiger partial charge >= 0.3 is 0 Å². The lowest BCUT2D eigenvalue weighted by atomic mass is 10.00. The number of alkyl halides is 1. The van der Waals surface area contributed by atoms with Gasteiger partial charge in [0.1, 0.15) is 0 Å². The van der Waals surface area contributed by atoms with Crippen LogP contribution in [0, 0.1) is 6.92 Å². The molecule has 2 aromatic carbocycles. The third-order valence-electron chi connectivity index (χ3n) is 3.44. The van der Waals surface area contributed by atoms with Gasteiger partial charge in [-0.15, -0.1) is 11.6 Å².